The first-order valence-corrected chi connectivity index (χ1v) is 8.99. The van der Waals surface area contributed by atoms with Crippen molar-refractivity contribution in [3.8, 4) is 0 Å². The van der Waals surface area contributed by atoms with Crippen molar-refractivity contribution < 1.29 is 13.9 Å². The summed E-state index contributed by atoms with van der Waals surface area (Å²) in [4.78, 5) is 19.2. The van der Waals surface area contributed by atoms with Gasteiger partial charge in [-0.25, -0.2) is 0 Å². The molecule has 2 bridgehead atoms. The molecule has 5 rings (SSSR count). The Morgan fingerprint density at radius 2 is 2.08 bits per heavy atom. The first-order chi connectivity index (χ1) is 12.3. The minimum absolute atomic E-state index is 0.101. The lowest BCUT2D eigenvalue weighted by molar-refractivity contribution is -0.120. The minimum Gasteiger partial charge on any atom is -0.423 e. The zero-order valence-electron chi connectivity index (χ0n) is 14.0. The lowest BCUT2D eigenvalue weighted by atomic mass is 9.93. The Labute approximate surface area is 145 Å². The molecule has 6 heteroatoms. The quantitative estimate of drug-likeness (QED) is 0.871. The van der Waals surface area contributed by atoms with Crippen molar-refractivity contribution in [2.75, 3.05) is 36.5 Å². The predicted molar refractivity (Wildman–Crippen MR) is 94.5 cm³/mol. The van der Waals surface area contributed by atoms with E-state index in [1.165, 1.54) is 0 Å². The van der Waals surface area contributed by atoms with E-state index < -0.39 is 0 Å². The molecule has 25 heavy (non-hydrogen) atoms. The van der Waals surface area contributed by atoms with Gasteiger partial charge < -0.3 is 19.4 Å². The molecule has 1 aliphatic heterocycles. The number of hydrogen-bond acceptors (Lipinski definition) is 5. The third-order valence-corrected chi connectivity index (χ3v) is 5.54. The van der Waals surface area contributed by atoms with Gasteiger partial charge in [-0.15, -0.1) is 0 Å². The molecule has 3 atom stereocenters. The number of amides is 1. The monoisotopic (exact) mass is 339 g/mol. The smallest absolute Gasteiger partial charge is 0.298 e. The number of nitrogens with zero attached hydrogens (tertiary/aromatic N) is 2. The van der Waals surface area contributed by atoms with E-state index in [0.717, 1.165) is 37.1 Å². The Balaban J connectivity index is 1.33. The van der Waals surface area contributed by atoms with Crippen LogP contribution in [0.2, 0.25) is 0 Å². The van der Waals surface area contributed by atoms with E-state index in [9.17, 15) is 4.79 Å². The minimum atomic E-state index is 0.101. The molecule has 1 N–H and O–H groups in total. The normalized spacial score (nSPS) is 28.0. The Morgan fingerprint density at radius 1 is 1.20 bits per heavy atom. The molecular formula is C19H21N3O3. The molecule has 0 unspecified atom stereocenters. The van der Waals surface area contributed by atoms with Crippen LogP contribution in [-0.4, -0.2) is 37.2 Å². The van der Waals surface area contributed by atoms with Gasteiger partial charge in [0.2, 0.25) is 5.91 Å². The van der Waals surface area contributed by atoms with Crippen molar-refractivity contribution in [2.24, 2.45) is 17.8 Å². The number of anilines is 2. The van der Waals surface area contributed by atoms with Gasteiger partial charge >= 0.3 is 0 Å². The lowest BCUT2D eigenvalue weighted by Gasteiger charge is -2.24. The van der Waals surface area contributed by atoms with Crippen LogP contribution in [0.4, 0.5) is 11.7 Å². The fraction of sp³-hybridized carbons (Fsp3) is 0.474. The molecule has 2 heterocycles. The second kappa shape index (κ2) is 5.88. The summed E-state index contributed by atoms with van der Waals surface area (Å²) in [6.07, 6.45) is 6.55. The molecule has 1 aromatic carbocycles. The molecular weight excluding hydrogens is 318 g/mol. The van der Waals surface area contributed by atoms with Crippen LogP contribution in [0, 0.1) is 17.8 Å². The van der Waals surface area contributed by atoms with Gasteiger partial charge in [0.25, 0.3) is 6.01 Å². The zero-order chi connectivity index (χ0) is 16.8. The number of aromatic nitrogens is 1. The standard InChI is InChI=1S/C19H21N3O3/c23-18(15-10-12-1-2-13(15)9-12)20-14-3-4-16-17(11-14)25-19(21-16)22-5-7-24-8-6-22/h1-4,11-13,15H,5-10H2,(H,20,23)/t12-,13-,15-/m0/s1. The number of benzene rings is 1. The zero-order valence-corrected chi connectivity index (χ0v) is 14.0. The summed E-state index contributed by atoms with van der Waals surface area (Å²) in [7, 11) is 0. The lowest BCUT2D eigenvalue weighted by Crippen LogP contribution is -2.36. The SMILES string of the molecule is O=C(Nc1ccc2nc(N3CCOCC3)oc2c1)[C@H]1C[C@H]2C=C[C@H]1C2. The van der Waals surface area contributed by atoms with Crippen LogP contribution in [0.3, 0.4) is 0 Å². The number of hydrogen-bond donors (Lipinski definition) is 1. The summed E-state index contributed by atoms with van der Waals surface area (Å²) < 4.78 is 11.3. The number of ether oxygens (including phenoxy) is 1. The number of nitrogens with one attached hydrogen (secondary N) is 1. The first-order valence-electron chi connectivity index (χ1n) is 8.99. The molecule has 1 saturated carbocycles. The van der Waals surface area contributed by atoms with Crippen molar-refractivity contribution in [1.29, 1.82) is 0 Å². The van der Waals surface area contributed by atoms with Crippen LogP contribution in [0.25, 0.3) is 11.1 Å². The third kappa shape index (κ3) is 2.70. The Morgan fingerprint density at radius 3 is 2.84 bits per heavy atom. The second-order valence-electron chi connectivity index (χ2n) is 7.15. The van der Waals surface area contributed by atoms with Crippen molar-refractivity contribution in [1.82, 2.24) is 4.98 Å². The van der Waals surface area contributed by atoms with Crippen LogP contribution in [0.15, 0.2) is 34.8 Å². The van der Waals surface area contributed by atoms with Crippen molar-refractivity contribution in [2.45, 2.75) is 12.8 Å². The molecule has 1 aromatic heterocycles. The van der Waals surface area contributed by atoms with E-state index in [1.54, 1.807) is 0 Å². The average molecular weight is 339 g/mol. The molecule has 2 aliphatic carbocycles. The number of carbonyl (C=O) groups excluding carboxylic acids is 1. The predicted octanol–water partition coefficient (Wildman–Crippen LogP) is 2.82. The molecule has 6 nitrogen and oxygen atoms in total. The van der Waals surface area contributed by atoms with Gasteiger partial charge in [-0.3, -0.25) is 4.79 Å². The van der Waals surface area contributed by atoms with Gasteiger partial charge in [-0.05, 0) is 36.8 Å². The Kier molecular flexibility index (Phi) is 3.52. The van der Waals surface area contributed by atoms with Crippen LogP contribution in [-0.2, 0) is 9.53 Å². The maximum Gasteiger partial charge on any atom is 0.298 e. The van der Waals surface area contributed by atoms with E-state index in [2.05, 4.69) is 27.4 Å². The molecule has 1 saturated heterocycles. The van der Waals surface area contributed by atoms with Crippen LogP contribution in [0.1, 0.15) is 12.8 Å². The molecule has 2 fully saturated rings. The number of morpholine rings is 1. The van der Waals surface area contributed by atoms with Crippen LogP contribution in [0.5, 0.6) is 0 Å². The van der Waals surface area contributed by atoms with Crippen LogP contribution >= 0.6 is 0 Å². The number of oxazole rings is 1. The van der Waals surface area contributed by atoms with Gasteiger partial charge in [0.05, 0.1) is 13.2 Å². The molecule has 0 spiro atoms. The van der Waals surface area contributed by atoms with Gasteiger partial charge in [-0.2, -0.15) is 4.98 Å². The summed E-state index contributed by atoms with van der Waals surface area (Å²) in [6, 6.07) is 6.29. The fourth-order valence-electron chi connectivity index (χ4n) is 4.20. The number of fused-ring (bicyclic) bond motifs is 3. The van der Waals surface area contributed by atoms with Crippen molar-refractivity contribution in [3.63, 3.8) is 0 Å². The Hall–Kier alpha value is -2.34. The highest BCUT2D eigenvalue weighted by Gasteiger charge is 2.39. The molecule has 0 radical (unpaired) electrons. The van der Waals surface area contributed by atoms with Gasteiger partial charge in [0.1, 0.15) is 5.52 Å². The topological polar surface area (TPSA) is 67.6 Å². The largest absolute Gasteiger partial charge is 0.423 e. The highest BCUT2D eigenvalue weighted by Crippen LogP contribution is 2.43. The second-order valence-corrected chi connectivity index (χ2v) is 7.15. The van der Waals surface area contributed by atoms with Crippen molar-refractivity contribution >= 4 is 28.7 Å². The van der Waals surface area contributed by atoms with E-state index in [0.29, 0.717) is 36.6 Å². The van der Waals surface area contributed by atoms with E-state index in [-0.39, 0.29) is 11.8 Å². The van der Waals surface area contributed by atoms with Crippen molar-refractivity contribution in [3.05, 3.63) is 30.4 Å². The highest BCUT2D eigenvalue weighted by molar-refractivity contribution is 5.95. The molecule has 1 amide bonds. The molecule has 130 valence electrons. The van der Waals surface area contributed by atoms with Crippen LogP contribution < -0.4 is 10.2 Å². The van der Waals surface area contributed by atoms with Gasteiger partial charge in [0, 0.05) is 30.8 Å². The maximum absolute atomic E-state index is 12.6. The number of allylic oxidation sites excluding steroid dienone is 2. The molecule has 3 aliphatic rings. The summed E-state index contributed by atoms with van der Waals surface area (Å²) in [6.45, 7) is 2.96. The summed E-state index contributed by atoms with van der Waals surface area (Å²) in [5, 5.41) is 3.06. The van der Waals surface area contributed by atoms with Gasteiger partial charge in [0.15, 0.2) is 5.58 Å². The average Bonchev–Trinajstić information content (AvgIpc) is 3.37. The molecule has 2 aromatic rings. The number of carbonyl (C=O) groups is 1. The highest BCUT2D eigenvalue weighted by atomic mass is 16.5. The summed E-state index contributed by atoms with van der Waals surface area (Å²) in [5.41, 5.74) is 2.28. The van der Waals surface area contributed by atoms with E-state index in [4.69, 9.17) is 9.15 Å². The van der Waals surface area contributed by atoms with Gasteiger partial charge in [-0.1, -0.05) is 12.2 Å². The third-order valence-electron chi connectivity index (χ3n) is 5.54. The maximum atomic E-state index is 12.6. The Bertz CT molecular complexity index is 838. The fourth-order valence-corrected chi connectivity index (χ4v) is 4.20. The summed E-state index contributed by atoms with van der Waals surface area (Å²) in [5.74, 6) is 1.22. The number of rotatable bonds is 3. The van der Waals surface area contributed by atoms with E-state index in [1.807, 2.05) is 18.2 Å². The summed E-state index contributed by atoms with van der Waals surface area (Å²) >= 11 is 0. The van der Waals surface area contributed by atoms with E-state index >= 15 is 0 Å². The first kappa shape index (κ1) is 15.0.